The van der Waals surface area contributed by atoms with Crippen molar-refractivity contribution in [3.8, 4) is 11.5 Å². The van der Waals surface area contributed by atoms with Gasteiger partial charge in [0, 0.05) is 11.3 Å². The van der Waals surface area contributed by atoms with Gasteiger partial charge >= 0.3 is 11.9 Å². The van der Waals surface area contributed by atoms with Crippen molar-refractivity contribution in [1.29, 1.82) is 0 Å². The molecule has 218 valence electrons. The number of carbonyl (C=O) groups excluding carboxylic acids is 3. The first-order valence-electron chi connectivity index (χ1n) is 12.4. The predicted molar refractivity (Wildman–Crippen MR) is 157 cm³/mol. The second kappa shape index (κ2) is 15.2. The zero-order valence-electron chi connectivity index (χ0n) is 22.4. The summed E-state index contributed by atoms with van der Waals surface area (Å²) in [4.78, 5) is 36.6. The number of ether oxygens (including phenoxy) is 4. The van der Waals surface area contributed by atoms with E-state index in [-0.39, 0.29) is 42.2 Å². The fraction of sp³-hybridized carbons (Fsp3) is 0.296. The van der Waals surface area contributed by atoms with E-state index in [1.807, 2.05) is 0 Å². The van der Waals surface area contributed by atoms with E-state index in [1.165, 1.54) is 18.3 Å². The first-order chi connectivity index (χ1) is 19.6. The van der Waals surface area contributed by atoms with E-state index in [0.717, 1.165) is 0 Å². The zero-order chi connectivity index (χ0) is 29.9. The van der Waals surface area contributed by atoms with Gasteiger partial charge in [0.05, 0.1) is 41.1 Å². The molecule has 1 aliphatic heterocycles. The number of hydrazone groups is 1. The molecule has 3 rings (SSSR count). The number of allylic oxidation sites excluding steroid dienone is 1. The molecule has 0 saturated heterocycles. The van der Waals surface area contributed by atoms with Crippen molar-refractivity contribution in [3.05, 3.63) is 68.8 Å². The van der Waals surface area contributed by atoms with Gasteiger partial charge in [-0.05, 0) is 56.8 Å². The van der Waals surface area contributed by atoms with Crippen LogP contribution in [0.1, 0.15) is 37.9 Å². The topological polar surface area (TPSA) is 137 Å². The minimum absolute atomic E-state index is 0.120. The van der Waals surface area contributed by atoms with Gasteiger partial charge < -0.3 is 29.6 Å². The average Bonchev–Trinajstić information content (AvgIpc) is 2.91. The van der Waals surface area contributed by atoms with Gasteiger partial charge in [0.25, 0.3) is 5.91 Å². The Labute approximate surface area is 252 Å². The van der Waals surface area contributed by atoms with E-state index in [0.29, 0.717) is 33.3 Å². The van der Waals surface area contributed by atoms with Crippen molar-refractivity contribution >= 4 is 64.6 Å². The van der Waals surface area contributed by atoms with Crippen LogP contribution in [-0.2, 0) is 23.9 Å². The Kier molecular flexibility index (Phi) is 11.7. The van der Waals surface area contributed by atoms with Gasteiger partial charge in [-0.25, -0.2) is 15.0 Å². The molecule has 0 unspecified atom stereocenters. The Bertz CT molecular complexity index is 1360. The maximum absolute atomic E-state index is 12.7. The molecule has 0 aromatic heterocycles. The highest BCUT2D eigenvalue weighted by molar-refractivity contribution is 7.80. The lowest BCUT2D eigenvalue weighted by Gasteiger charge is -2.30. The van der Waals surface area contributed by atoms with Crippen LogP contribution in [0.2, 0.25) is 10.0 Å². The molecule has 0 fully saturated rings. The van der Waals surface area contributed by atoms with Crippen LogP contribution in [0.25, 0.3) is 0 Å². The third kappa shape index (κ3) is 8.81. The predicted octanol–water partition coefficient (Wildman–Crippen LogP) is 3.82. The fourth-order valence-corrected chi connectivity index (χ4v) is 4.62. The quantitative estimate of drug-likeness (QED) is 0.139. The molecule has 3 N–H and O–H groups in total. The number of carbonyl (C=O) groups is 3. The molecule has 0 aliphatic carbocycles. The maximum Gasteiger partial charge on any atom is 0.344 e. The molecule has 0 radical (unpaired) electrons. The molecular weight excluding hydrogens is 595 g/mol. The lowest BCUT2D eigenvalue weighted by molar-refractivity contribution is -0.145. The summed E-state index contributed by atoms with van der Waals surface area (Å²) >= 11 is 17.7. The standard InChI is InChI=1S/C27H28Cl2N4O7S/c1-4-37-22(35)14-40-25-18(28)10-16(11-19(25)29)12-30-33-21(34)13-39-20-9-7-6-8-17(20)24-23(26(36)38-5-2)15(3)31-27(41)32-24/h6-12,24H,4-5,13-14H2,1-3H3,(H,33,34)(H2,31,32,41)/t24-/m0/s1. The molecule has 0 spiro atoms. The normalized spacial score (nSPS) is 14.7. The Morgan fingerprint density at radius 2 is 1.73 bits per heavy atom. The summed E-state index contributed by atoms with van der Waals surface area (Å²) < 4.78 is 21.1. The van der Waals surface area contributed by atoms with Crippen molar-refractivity contribution in [2.75, 3.05) is 26.4 Å². The van der Waals surface area contributed by atoms with E-state index in [4.69, 9.17) is 54.4 Å². The molecule has 0 saturated carbocycles. The van der Waals surface area contributed by atoms with E-state index in [1.54, 1.807) is 45.0 Å². The molecule has 1 aliphatic rings. The Morgan fingerprint density at radius 3 is 2.41 bits per heavy atom. The van der Waals surface area contributed by atoms with Crippen molar-refractivity contribution in [3.63, 3.8) is 0 Å². The van der Waals surface area contributed by atoms with Crippen LogP contribution >= 0.6 is 35.4 Å². The van der Waals surface area contributed by atoms with Gasteiger partial charge in [-0.2, -0.15) is 5.10 Å². The molecule has 0 bridgehead atoms. The first kappa shape index (κ1) is 31.7. The van der Waals surface area contributed by atoms with Gasteiger partial charge in [0.2, 0.25) is 0 Å². The van der Waals surface area contributed by atoms with Crippen molar-refractivity contribution in [2.45, 2.75) is 26.8 Å². The summed E-state index contributed by atoms with van der Waals surface area (Å²) in [6, 6.07) is 9.30. The zero-order valence-corrected chi connectivity index (χ0v) is 24.7. The highest BCUT2D eigenvalue weighted by Crippen LogP contribution is 2.35. The molecule has 1 amide bonds. The van der Waals surface area contributed by atoms with Crippen LogP contribution in [0, 0.1) is 0 Å². The summed E-state index contributed by atoms with van der Waals surface area (Å²) in [5, 5.41) is 10.5. The molecule has 2 aromatic rings. The molecular formula is C27H28Cl2N4O7S. The van der Waals surface area contributed by atoms with Gasteiger partial charge in [0.15, 0.2) is 24.1 Å². The van der Waals surface area contributed by atoms with Crippen LogP contribution in [-0.4, -0.2) is 55.6 Å². The van der Waals surface area contributed by atoms with Crippen LogP contribution in [0.3, 0.4) is 0 Å². The van der Waals surface area contributed by atoms with E-state index in [2.05, 4.69) is 21.2 Å². The van der Waals surface area contributed by atoms with Gasteiger partial charge in [-0.15, -0.1) is 0 Å². The van der Waals surface area contributed by atoms with Crippen LogP contribution in [0.4, 0.5) is 0 Å². The molecule has 1 atom stereocenters. The molecule has 41 heavy (non-hydrogen) atoms. The summed E-state index contributed by atoms with van der Waals surface area (Å²) in [7, 11) is 0. The van der Waals surface area contributed by atoms with E-state index < -0.39 is 23.9 Å². The Hall–Kier alpha value is -3.87. The van der Waals surface area contributed by atoms with Gasteiger partial charge in [-0.1, -0.05) is 41.4 Å². The highest BCUT2D eigenvalue weighted by atomic mass is 35.5. The highest BCUT2D eigenvalue weighted by Gasteiger charge is 2.32. The van der Waals surface area contributed by atoms with Gasteiger partial charge in [-0.3, -0.25) is 4.79 Å². The number of nitrogens with one attached hydrogen (secondary N) is 3. The maximum atomic E-state index is 12.7. The van der Waals surface area contributed by atoms with Crippen molar-refractivity contribution in [2.24, 2.45) is 5.10 Å². The number of esters is 2. The lowest BCUT2D eigenvalue weighted by Crippen LogP contribution is -2.45. The minimum atomic E-state index is -0.654. The average molecular weight is 624 g/mol. The number of thiocarbonyl (C=S) groups is 1. The SMILES string of the molecule is CCOC(=O)COc1c(Cl)cc(C=NNC(=O)COc2ccccc2[C@@H]2NC(=S)NC(C)=C2C(=O)OCC)cc1Cl. The van der Waals surface area contributed by atoms with Gasteiger partial charge in [0.1, 0.15) is 5.75 Å². The molecule has 2 aromatic carbocycles. The van der Waals surface area contributed by atoms with Crippen LogP contribution in [0.15, 0.2) is 52.8 Å². The van der Waals surface area contributed by atoms with Crippen molar-refractivity contribution < 1.29 is 33.3 Å². The number of amides is 1. The fourth-order valence-electron chi connectivity index (χ4n) is 3.74. The summed E-state index contributed by atoms with van der Waals surface area (Å²) in [6.07, 6.45) is 1.33. The monoisotopic (exact) mass is 622 g/mol. The summed E-state index contributed by atoms with van der Waals surface area (Å²) in [6.45, 7) is 4.84. The van der Waals surface area contributed by atoms with E-state index >= 15 is 0 Å². The number of rotatable bonds is 12. The van der Waals surface area contributed by atoms with E-state index in [9.17, 15) is 14.4 Å². The van der Waals surface area contributed by atoms with Crippen molar-refractivity contribution in [1.82, 2.24) is 16.1 Å². The number of hydrogen-bond donors (Lipinski definition) is 3. The first-order valence-corrected chi connectivity index (χ1v) is 13.6. The third-order valence-electron chi connectivity index (χ3n) is 5.42. The Morgan fingerprint density at radius 1 is 1.05 bits per heavy atom. The Balaban J connectivity index is 1.64. The molecule has 14 heteroatoms. The smallest absolute Gasteiger partial charge is 0.344 e. The lowest BCUT2D eigenvalue weighted by atomic mass is 9.95. The second-order valence-corrected chi connectivity index (χ2v) is 9.54. The number of nitrogens with zero attached hydrogens (tertiary/aromatic N) is 1. The number of benzene rings is 2. The largest absolute Gasteiger partial charge is 0.483 e. The summed E-state index contributed by atoms with van der Waals surface area (Å²) in [5.41, 5.74) is 4.32. The molecule has 1 heterocycles. The van der Waals surface area contributed by atoms with Crippen LogP contribution in [0.5, 0.6) is 11.5 Å². The number of halogens is 2. The summed E-state index contributed by atoms with van der Waals surface area (Å²) in [5.74, 6) is -1.12. The molecule has 11 nitrogen and oxygen atoms in total. The second-order valence-electron chi connectivity index (χ2n) is 8.32. The third-order valence-corrected chi connectivity index (χ3v) is 6.20. The van der Waals surface area contributed by atoms with Crippen LogP contribution < -0.4 is 25.5 Å². The number of para-hydroxylation sites is 1. The minimum Gasteiger partial charge on any atom is -0.483 e. The number of hydrogen-bond acceptors (Lipinski definition) is 9.